The van der Waals surface area contributed by atoms with E-state index in [0.29, 0.717) is 32.1 Å². The van der Waals surface area contributed by atoms with Crippen molar-refractivity contribution in [3.8, 4) is 11.3 Å². The minimum atomic E-state index is -0.537. The molecule has 7 nitrogen and oxygen atoms in total. The Kier molecular flexibility index (Phi) is 7.75. The first kappa shape index (κ1) is 22.0. The van der Waals surface area contributed by atoms with Gasteiger partial charge in [0.05, 0.1) is 30.5 Å². The van der Waals surface area contributed by atoms with Crippen molar-refractivity contribution < 1.29 is 9.18 Å². The fourth-order valence-corrected chi connectivity index (χ4v) is 3.05. The van der Waals surface area contributed by atoms with Gasteiger partial charge in [-0.1, -0.05) is 42.5 Å². The molecule has 2 aromatic carbocycles. The van der Waals surface area contributed by atoms with Crippen LogP contribution in [0.3, 0.4) is 0 Å². The van der Waals surface area contributed by atoms with Crippen molar-refractivity contribution in [2.45, 2.75) is 13.5 Å². The Morgan fingerprint density at radius 1 is 1.13 bits per heavy atom. The number of carbonyl (C=O) groups is 1. The van der Waals surface area contributed by atoms with Crippen LogP contribution in [-0.2, 0) is 6.54 Å². The summed E-state index contributed by atoms with van der Waals surface area (Å²) in [4.78, 5) is 26.4. The van der Waals surface area contributed by atoms with Crippen LogP contribution in [0.2, 0.25) is 0 Å². The van der Waals surface area contributed by atoms with Crippen LogP contribution in [0.15, 0.2) is 65.8 Å². The number of guanidine groups is 1. The van der Waals surface area contributed by atoms with Crippen LogP contribution in [-0.4, -0.2) is 53.4 Å². The van der Waals surface area contributed by atoms with Crippen molar-refractivity contribution in [1.82, 2.24) is 25.5 Å². The number of hydrogen-bond donors (Lipinski definition) is 3. The normalized spacial score (nSPS) is 11.3. The first-order valence-corrected chi connectivity index (χ1v) is 10.2. The molecule has 162 valence electrons. The maximum absolute atomic E-state index is 13.7. The van der Waals surface area contributed by atoms with E-state index in [1.54, 1.807) is 12.1 Å². The number of carbonyl (C=O) groups excluding carboxylic acids is 1. The van der Waals surface area contributed by atoms with Crippen molar-refractivity contribution in [3.63, 3.8) is 0 Å². The Bertz CT molecular complexity index is 1020. The lowest BCUT2D eigenvalue weighted by Crippen LogP contribution is -2.39. The average molecular weight is 423 g/mol. The summed E-state index contributed by atoms with van der Waals surface area (Å²) in [5, 5.41) is 5.93. The molecule has 31 heavy (non-hydrogen) atoms. The molecule has 3 N–H and O–H groups in total. The van der Waals surface area contributed by atoms with Crippen molar-refractivity contribution in [1.29, 1.82) is 0 Å². The van der Waals surface area contributed by atoms with Gasteiger partial charge in [-0.3, -0.25) is 9.79 Å². The molecule has 0 aliphatic carbocycles. The molecule has 0 saturated heterocycles. The van der Waals surface area contributed by atoms with Crippen LogP contribution in [0.5, 0.6) is 0 Å². The van der Waals surface area contributed by atoms with E-state index in [0.717, 1.165) is 17.1 Å². The molecule has 0 unspecified atom stereocenters. The second kappa shape index (κ2) is 10.9. The maximum Gasteiger partial charge on any atom is 0.254 e. The van der Waals surface area contributed by atoms with E-state index < -0.39 is 11.7 Å². The Morgan fingerprint density at radius 2 is 1.87 bits per heavy atom. The first-order valence-electron chi connectivity index (χ1n) is 10.2. The van der Waals surface area contributed by atoms with Gasteiger partial charge in [-0.2, -0.15) is 0 Å². The number of H-pyrrole nitrogens is 1. The van der Waals surface area contributed by atoms with Gasteiger partial charge in [0.25, 0.3) is 5.91 Å². The Balaban J connectivity index is 1.55. The lowest BCUT2D eigenvalue weighted by molar-refractivity contribution is 0.0950. The number of aromatic amines is 1. The fraction of sp³-hybridized carbons (Fsp3) is 0.261. The van der Waals surface area contributed by atoms with E-state index in [1.165, 1.54) is 12.1 Å². The van der Waals surface area contributed by atoms with Gasteiger partial charge in [-0.05, 0) is 24.6 Å². The zero-order valence-corrected chi connectivity index (χ0v) is 17.7. The summed E-state index contributed by atoms with van der Waals surface area (Å²) < 4.78 is 13.7. The number of benzene rings is 2. The van der Waals surface area contributed by atoms with Crippen molar-refractivity contribution in [3.05, 3.63) is 78.0 Å². The number of rotatable bonds is 8. The van der Waals surface area contributed by atoms with E-state index in [9.17, 15) is 9.18 Å². The Hall–Kier alpha value is -3.68. The van der Waals surface area contributed by atoms with Crippen LogP contribution in [0.4, 0.5) is 4.39 Å². The summed E-state index contributed by atoms with van der Waals surface area (Å²) in [6.07, 6.45) is 1.82. The van der Waals surface area contributed by atoms with Gasteiger partial charge < -0.3 is 20.5 Å². The molecule has 8 heteroatoms. The largest absolute Gasteiger partial charge is 0.357 e. The summed E-state index contributed by atoms with van der Waals surface area (Å²) in [5.74, 6) is 0.528. The SMILES string of the molecule is CCNC(=NCCNC(=O)c1ccccc1F)N(C)Cc1ncc(-c2ccccc2)[nH]1. The van der Waals surface area contributed by atoms with Crippen LogP contribution < -0.4 is 10.6 Å². The van der Waals surface area contributed by atoms with Crippen LogP contribution in [0.25, 0.3) is 11.3 Å². The summed E-state index contributed by atoms with van der Waals surface area (Å²) >= 11 is 0. The fourth-order valence-electron chi connectivity index (χ4n) is 3.05. The topological polar surface area (TPSA) is 85.4 Å². The van der Waals surface area contributed by atoms with Crippen molar-refractivity contribution in [2.24, 2.45) is 4.99 Å². The number of aliphatic imine (C=N–C) groups is 1. The molecule has 1 heterocycles. The van der Waals surface area contributed by atoms with E-state index in [4.69, 9.17) is 0 Å². The Morgan fingerprint density at radius 3 is 2.61 bits per heavy atom. The van der Waals surface area contributed by atoms with Gasteiger partial charge in [0.1, 0.15) is 11.6 Å². The molecule has 0 saturated carbocycles. The molecule has 0 spiro atoms. The second-order valence-corrected chi connectivity index (χ2v) is 6.94. The maximum atomic E-state index is 13.7. The van der Waals surface area contributed by atoms with E-state index >= 15 is 0 Å². The molecule has 3 aromatic rings. The second-order valence-electron chi connectivity index (χ2n) is 6.94. The predicted octanol–water partition coefficient (Wildman–Crippen LogP) is 3.04. The van der Waals surface area contributed by atoms with Gasteiger partial charge >= 0.3 is 0 Å². The van der Waals surface area contributed by atoms with Crippen LogP contribution in [0.1, 0.15) is 23.1 Å². The first-order chi connectivity index (χ1) is 15.1. The molecule has 1 amide bonds. The summed E-state index contributed by atoms with van der Waals surface area (Å²) in [5.41, 5.74) is 2.07. The lowest BCUT2D eigenvalue weighted by Gasteiger charge is -2.21. The highest BCUT2D eigenvalue weighted by molar-refractivity contribution is 5.94. The monoisotopic (exact) mass is 422 g/mol. The number of halogens is 1. The zero-order chi connectivity index (χ0) is 22.1. The van der Waals surface area contributed by atoms with Gasteiger partial charge in [-0.25, -0.2) is 9.37 Å². The van der Waals surface area contributed by atoms with Crippen molar-refractivity contribution in [2.75, 3.05) is 26.7 Å². The summed E-state index contributed by atoms with van der Waals surface area (Å²) in [7, 11) is 1.92. The van der Waals surface area contributed by atoms with Crippen LogP contribution in [0, 0.1) is 5.82 Å². The highest BCUT2D eigenvalue weighted by Gasteiger charge is 2.11. The van der Waals surface area contributed by atoms with Crippen LogP contribution >= 0.6 is 0 Å². The third-order valence-corrected chi connectivity index (χ3v) is 4.57. The molecule has 0 aliphatic heterocycles. The predicted molar refractivity (Wildman–Crippen MR) is 120 cm³/mol. The molecule has 0 atom stereocenters. The molecule has 0 fully saturated rings. The highest BCUT2D eigenvalue weighted by atomic mass is 19.1. The molecular weight excluding hydrogens is 395 g/mol. The summed E-state index contributed by atoms with van der Waals surface area (Å²) in [6.45, 7) is 3.90. The van der Waals surface area contributed by atoms with Gasteiger partial charge in [0.2, 0.25) is 0 Å². The minimum Gasteiger partial charge on any atom is -0.357 e. The van der Waals surface area contributed by atoms with E-state index in [1.807, 2.05) is 55.4 Å². The zero-order valence-electron chi connectivity index (χ0n) is 17.7. The molecule has 0 radical (unpaired) electrons. The highest BCUT2D eigenvalue weighted by Crippen LogP contribution is 2.16. The number of amides is 1. The average Bonchev–Trinajstić information content (AvgIpc) is 3.25. The standard InChI is InChI=1S/C23H27FN6O/c1-3-25-23(27-14-13-26-22(31)18-11-7-8-12-19(18)24)30(2)16-21-28-15-20(29-21)17-9-5-4-6-10-17/h4-12,15H,3,13-14,16H2,1-2H3,(H,25,27)(H,26,31)(H,28,29). The van der Waals surface area contributed by atoms with Crippen molar-refractivity contribution >= 4 is 11.9 Å². The molecule has 0 bridgehead atoms. The Labute approximate surface area is 181 Å². The van der Waals surface area contributed by atoms with Gasteiger partial charge in [0, 0.05) is 20.1 Å². The smallest absolute Gasteiger partial charge is 0.254 e. The van der Waals surface area contributed by atoms with Gasteiger partial charge in [0.15, 0.2) is 5.96 Å². The quantitative estimate of drug-likeness (QED) is 0.296. The third kappa shape index (κ3) is 6.15. The molecule has 3 rings (SSSR count). The molecular formula is C23H27FN6O. The van der Waals surface area contributed by atoms with Gasteiger partial charge in [-0.15, -0.1) is 0 Å². The minimum absolute atomic E-state index is 0.0301. The number of imidazole rings is 1. The third-order valence-electron chi connectivity index (χ3n) is 4.57. The molecule has 0 aliphatic rings. The summed E-state index contributed by atoms with van der Waals surface area (Å²) in [6, 6.07) is 15.9. The number of nitrogens with one attached hydrogen (secondary N) is 3. The number of aromatic nitrogens is 2. The number of hydrogen-bond acceptors (Lipinski definition) is 3. The lowest BCUT2D eigenvalue weighted by atomic mass is 10.2. The number of nitrogens with zero attached hydrogens (tertiary/aromatic N) is 3. The molecule has 1 aromatic heterocycles. The van der Waals surface area contributed by atoms with E-state index in [-0.39, 0.29) is 5.56 Å². The van der Waals surface area contributed by atoms with E-state index in [2.05, 4.69) is 25.6 Å².